The van der Waals surface area contributed by atoms with E-state index in [1.165, 1.54) is 26.1 Å². The Morgan fingerprint density at radius 2 is 1.82 bits per heavy atom. The number of likely N-dealkylation sites (N-methyl/N-ethyl adjacent to an activating group) is 2. The molecule has 0 bridgehead atoms. The van der Waals surface area contributed by atoms with Gasteiger partial charge in [0.15, 0.2) is 0 Å². The minimum Gasteiger partial charge on any atom is -0.327 e. The number of benzene rings is 2. The van der Waals surface area contributed by atoms with Crippen LogP contribution in [0, 0.1) is 0 Å². The molecule has 4 rings (SSSR count). The van der Waals surface area contributed by atoms with E-state index in [4.69, 9.17) is 0 Å². The molecule has 2 aromatic carbocycles. The van der Waals surface area contributed by atoms with E-state index in [0.717, 1.165) is 32.5 Å². The predicted octanol–water partition coefficient (Wildman–Crippen LogP) is 4.14. The lowest BCUT2D eigenvalue weighted by Crippen LogP contribution is -2.48. The number of nitrogens with one attached hydrogen (secondary N) is 1. The lowest BCUT2D eigenvalue weighted by molar-refractivity contribution is 0.168. The van der Waals surface area contributed by atoms with Gasteiger partial charge < -0.3 is 15.1 Å². The molecular weight excluding hydrogens is 366 g/mol. The van der Waals surface area contributed by atoms with Gasteiger partial charge in [-0.15, -0.1) is 11.3 Å². The fraction of sp³-hybridized carbons (Fsp3) is 0.348. The fourth-order valence-corrected chi connectivity index (χ4v) is 4.94. The number of nitrogens with zero attached hydrogens (tertiary/aromatic N) is 2. The van der Waals surface area contributed by atoms with Crippen LogP contribution < -0.4 is 5.32 Å². The van der Waals surface area contributed by atoms with Gasteiger partial charge in [-0.05, 0) is 41.5 Å². The average Bonchev–Trinajstić information content (AvgIpc) is 3.14. The van der Waals surface area contributed by atoms with Crippen LogP contribution in [0.2, 0.25) is 0 Å². The molecule has 0 saturated carbocycles. The maximum absolute atomic E-state index is 12.8. The van der Waals surface area contributed by atoms with Crippen LogP contribution in [0.3, 0.4) is 0 Å². The van der Waals surface area contributed by atoms with E-state index in [1.807, 2.05) is 35.2 Å². The van der Waals surface area contributed by atoms with Crippen molar-refractivity contribution in [1.82, 2.24) is 15.1 Å². The fourth-order valence-electron chi connectivity index (χ4n) is 3.88. The summed E-state index contributed by atoms with van der Waals surface area (Å²) in [5, 5.41) is 4.85. The van der Waals surface area contributed by atoms with Crippen LogP contribution >= 0.6 is 11.3 Å². The van der Waals surface area contributed by atoms with Gasteiger partial charge >= 0.3 is 6.03 Å². The third-order valence-electron chi connectivity index (χ3n) is 5.48. The summed E-state index contributed by atoms with van der Waals surface area (Å²) in [6.07, 6.45) is 1.86. The summed E-state index contributed by atoms with van der Waals surface area (Å²) in [6, 6.07) is 19.6. The third-order valence-corrected chi connectivity index (χ3v) is 6.66. The minimum absolute atomic E-state index is 0.0850. The molecule has 0 unspecified atom stereocenters. The molecule has 0 fully saturated rings. The van der Waals surface area contributed by atoms with E-state index in [1.54, 1.807) is 0 Å². The maximum atomic E-state index is 12.8. The number of fused-ring (bicyclic) bond motifs is 2. The van der Waals surface area contributed by atoms with E-state index in [9.17, 15) is 4.79 Å². The molecule has 28 heavy (non-hydrogen) atoms. The lowest BCUT2D eigenvalue weighted by atomic mass is 9.96. The van der Waals surface area contributed by atoms with E-state index in [0.29, 0.717) is 6.04 Å². The van der Waals surface area contributed by atoms with Crippen molar-refractivity contribution in [1.29, 1.82) is 0 Å². The Morgan fingerprint density at radius 1 is 1.07 bits per heavy atom. The van der Waals surface area contributed by atoms with Crippen LogP contribution in [-0.4, -0.2) is 49.1 Å². The SMILES string of the molecule is CN(CCc1cc2ccccc2s1)C(=O)N(C)C[C@@H]1Cc2ccccc2CN1. The molecule has 146 valence electrons. The van der Waals surface area contributed by atoms with Crippen LogP contribution in [-0.2, 0) is 19.4 Å². The number of hydrogen-bond acceptors (Lipinski definition) is 3. The first kappa shape index (κ1) is 19.0. The number of thiophene rings is 1. The van der Waals surface area contributed by atoms with Crippen molar-refractivity contribution >= 4 is 27.5 Å². The molecule has 0 spiro atoms. The van der Waals surface area contributed by atoms with Crippen molar-refractivity contribution in [3.63, 3.8) is 0 Å². The first-order valence-electron chi connectivity index (χ1n) is 9.84. The monoisotopic (exact) mass is 393 g/mol. The Bertz CT molecular complexity index is 934. The summed E-state index contributed by atoms with van der Waals surface area (Å²) in [7, 11) is 3.80. The van der Waals surface area contributed by atoms with Crippen molar-refractivity contribution in [2.75, 3.05) is 27.2 Å². The molecule has 2 heterocycles. The molecule has 0 radical (unpaired) electrons. The lowest BCUT2D eigenvalue weighted by Gasteiger charge is -2.31. The second-order valence-corrected chi connectivity index (χ2v) is 8.80. The molecule has 5 heteroatoms. The topological polar surface area (TPSA) is 35.6 Å². The summed E-state index contributed by atoms with van der Waals surface area (Å²) in [5.74, 6) is 0. The highest BCUT2D eigenvalue weighted by Crippen LogP contribution is 2.25. The van der Waals surface area contributed by atoms with Crippen molar-refractivity contribution in [2.24, 2.45) is 0 Å². The molecule has 1 aliphatic heterocycles. The molecular formula is C23H27N3OS. The van der Waals surface area contributed by atoms with E-state index in [2.05, 4.69) is 59.9 Å². The zero-order valence-electron chi connectivity index (χ0n) is 16.5. The van der Waals surface area contributed by atoms with Crippen LogP contribution in [0.1, 0.15) is 16.0 Å². The average molecular weight is 394 g/mol. The Balaban J connectivity index is 1.29. The van der Waals surface area contributed by atoms with Gasteiger partial charge in [0.2, 0.25) is 0 Å². The van der Waals surface area contributed by atoms with Gasteiger partial charge in [0.05, 0.1) is 0 Å². The normalized spacial score (nSPS) is 16.0. The molecule has 1 aromatic heterocycles. The first-order chi connectivity index (χ1) is 13.6. The van der Waals surface area contributed by atoms with Gasteiger partial charge in [-0.25, -0.2) is 4.79 Å². The molecule has 2 amide bonds. The summed E-state index contributed by atoms with van der Waals surface area (Å²) in [5.41, 5.74) is 2.76. The highest BCUT2D eigenvalue weighted by molar-refractivity contribution is 7.19. The Labute approximate surface area is 170 Å². The van der Waals surface area contributed by atoms with Gasteiger partial charge in [-0.1, -0.05) is 42.5 Å². The standard InChI is InChI=1S/C23H27N3OS/c1-25(12-11-21-14-18-8-5-6-10-22(18)28-21)23(27)26(2)16-20-13-17-7-3-4-9-19(17)15-24-20/h3-10,14,20,24H,11-13,15-16H2,1-2H3/t20-/m0/s1. The van der Waals surface area contributed by atoms with E-state index in [-0.39, 0.29) is 6.03 Å². The molecule has 4 nitrogen and oxygen atoms in total. The Kier molecular flexibility index (Phi) is 5.64. The van der Waals surface area contributed by atoms with Crippen LogP contribution in [0.15, 0.2) is 54.6 Å². The van der Waals surface area contributed by atoms with Crippen molar-refractivity contribution in [3.8, 4) is 0 Å². The largest absolute Gasteiger partial charge is 0.327 e. The third kappa shape index (κ3) is 4.21. The van der Waals surface area contributed by atoms with Crippen LogP contribution in [0.5, 0.6) is 0 Å². The molecule has 0 aliphatic carbocycles. The molecule has 1 atom stereocenters. The Hall–Kier alpha value is -2.37. The minimum atomic E-state index is 0.0850. The highest BCUT2D eigenvalue weighted by Gasteiger charge is 2.22. The number of hydrogen-bond donors (Lipinski definition) is 1. The summed E-state index contributed by atoms with van der Waals surface area (Å²) < 4.78 is 1.31. The maximum Gasteiger partial charge on any atom is 0.319 e. The van der Waals surface area contributed by atoms with Gasteiger partial charge in [0.1, 0.15) is 0 Å². The number of rotatable bonds is 5. The summed E-state index contributed by atoms with van der Waals surface area (Å²) in [6.45, 7) is 2.34. The van der Waals surface area contributed by atoms with Gasteiger partial charge in [-0.3, -0.25) is 0 Å². The zero-order valence-corrected chi connectivity index (χ0v) is 17.3. The highest BCUT2D eigenvalue weighted by atomic mass is 32.1. The first-order valence-corrected chi connectivity index (χ1v) is 10.7. The predicted molar refractivity (Wildman–Crippen MR) is 117 cm³/mol. The summed E-state index contributed by atoms with van der Waals surface area (Å²) in [4.78, 5) is 17.8. The molecule has 1 aliphatic rings. The molecule has 3 aromatic rings. The molecule has 1 N–H and O–H groups in total. The Morgan fingerprint density at radius 3 is 2.64 bits per heavy atom. The van der Waals surface area contributed by atoms with Gasteiger partial charge in [0, 0.05) is 49.3 Å². The number of carbonyl (C=O) groups excluding carboxylic acids is 1. The number of urea groups is 1. The number of carbonyl (C=O) groups is 1. The van der Waals surface area contributed by atoms with E-state index >= 15 is 0 Å². The van der Waals surface area contributed by atoms with Gasteiger partial charge in [-0.2, -0.15) is 0 Å². The van der Waals surface area contributed by atoms with Crippen molar-refractivity contribution in [3.05, 3.63) is 70.6 Å². The summed E-state index contributed by atoms with van der Waals surface area (Å²) >= 11 is 1.82. The second-order valence-electron chi connectivity index (χ2n) is 7.64. The quantitative estimate of drug-likeness (QED) is 0.707. The van der Waals surface area contributed by atoms with Crippen molar-refractivity contribution < 1.29 is 4.79 Å². The van der Waals surface area contributed by atoms with Gasteiger partial charge in [0.25, 0.3) is 0 Å². The van der Waals surface area contributed by atoms with Crippen LogP contribution in [0.4, 0.5) is 4.79 Å². The van der Waals surface area contributed by atoms with E-state index < -0.39 is 0 Å². The molecule has 0 saturated heterocycles. The number of amides is 2. The zero-order chi connectivity index (χ0) is 19.5. The van der Waals surface area contributed by atoms with Crippen LogP contribution in [0.25, 0.3) is 10.1 Å². The van der Waals surface area contributed by atoms with Crippen molar-refractivity contribution in [2.45, 2.75) is 25.4 Å². The second kappa shape index (κ2) is 8.33. The smallest absolute Gasteiger partial charge is 0.319 e.